The number of carbonyl (C=O) groups excluding carboxylic acids is 1. The van der Waals surface area contributed by atoms with Crippen LogP contribution in [0.25, 0.3) is 5.95 Å². The van der Waals surface area contributed by atoms with Crippen LogP contribution in [0.3, 0.4) is 0 Å². The van der Waals surface area contributed by atoms with Gasteiger partial charge in [0.05, 0.1) is 6.61 Å². The Morgan fingerprint density at radius 3 is 3.09 bits per heavy atom. The average Bonchev–Trinajstić information content (AvgIpc) is 3.32. The molecule has 1 aliphatic rings. The van der Waals surface area contributed by atoms with Gasteiger partial charge in [0.25, 0.3) is 11.9 Å². The van der Waals surface area contributed by atoms with E-state index in [0.29, 0.717) is 12.5 Å². The Morgan fingerprint density at radius 2 is 2.22 bits per heavy atom. The van der Waals surface area contributed by atoms with Crippen LogP contribution in [0.4, 0.5) is 0 Å². The zero-order valence-electron chi connectivity index (χ0n) is 12.1. The lowest BCUT2D eigenvalue weighted by molar-refractivity contribution is 0.0941. The van der Waals surface area contributed by atoms with Crippen molar-refractivity contribution >= 4 is 5.91 Å². The largest absolute Gasteiger partial charge is 0.493 e. The van der Waals surface area contributed by atoms with Crippen LogP contribution in [0.5, 0.6) is 5.75 Å². The van der Waals surface area contributed by atoms with Crippen molar-refractivity contribution < 1.29 is 9.53 Å². The lowest BCUT2D eigenvalue weighted by Crippen LogP contribution is -2.24. The minimum Gasteiger partial charge on any atom is -0.493 e. The van der Waals surface area contributed by atoms with Gasteiger partial charge in [-0.1, -0.05) is 12.1 Å². The minimum absolute atomic E-state index is 0.137. The van der Waals surface area contributed by atoms with Gasteiger partial charge in [-0.25, -0.2) is 0 Å². The molecule has 3 heterocycles. The summed E-state index contributed by atoms with van der Waals surface area (Å²) in [5.74, 6) is 1.05. The van der Waals surface area contributed by atoms with Crippen LogP contribution in [0.15, 0.2) is 30.9 Å². The van der Waals surface area contributed by atoms with Crippen molar-refractivity contribution in [3.8, 4) is 11.7 Å². The van der Waals surface area contributed by atoms with Gasteiger partial charge >= 0.3 is 0 Å². The van der Waals surface area contributed by atoms with E-state index in [-0.39, 0.29) is 11.7 Å². The zero-order valence-corrected chi connectivity index (χ0v) is 12.1. The number of amides is 1. The molecule has 0 spiro atoms. The second-order valence-electron chi connectivity index (χ2n) is 5.08. The van der Waals surface area contributed by atoms with Gasteiger partial charge in [-0.05, 0) is 17.2 Å². The van der Waals surface area contributed by atoms with E-state index in [2.05, 4.69) is 30.7 Å². The number of H-pyrrole nitrogens is 1. The van der Waals surface area contributed by atoms with Crippen molar-refractivity contribution in [1.29, 1.82) is 0 Å². The molecule has 9 nitrogen and oxygen atoms in total. The number of aromatic amines is 1. The van der Waals surface area contributed by atoms with Gasteiger partial charge in [-0.2, -0.15) is 4.98 Å². The maximum absolute atomic E-state index is 12.1. The molecule has 2 N–H and O–H groups in total. The standard InChI is InChI=1S/C14H13N7O2/c22-13(12-18-14(20-19-12)21-7-16-17-8-21)15-6-9-1-2-11-10(5-9)3-4-23-11/h1-2,5,7-8H,3-4,6H2,(H,15,22)(H,18,19,20). The zero-order chi connectivity index (χ0) is 15.6. The smallest absolute Gasteiger partial charge is 0.288 e. The van der Waals surface area contributed by atoms with Crippen molar-refractivity contribution in [2.75, 3.05) is 6.61 Å². The predicted octanol–water partition coefficient (Wildman–Crippen LogP) is 0.250. The molecule has 0 bridgehead atoms. The van der Waals surface area contributed by atoms with Crippen LogP contribution in [-0.4, -0.2) is 42.5 Å². The Kier molecular flexibility index (Phi) is 3.22. The van der Waals surface area contributed by atoms with E-state index in [9.17, 15) is 4.79 Å². The normalized spacial score (nSPS) is 12.7. The molecule has 3 aromatic rings. The number of hydrogen-bond donors (Lipinski definition) is 2. The van der Waals surface area contributed by atoms with Gasteiger partial charge in [0.2, 0.25) is 5.82 Å². The summed E-state index contributed by atoms with van der Waals surface area (Å²) < 4.78 is 6.97. The Labute approximate surface area is 130 Å². The highest BCUT2D eigenvalue weighted by Crippen LogP contribution is 2.25. The highest BCUT2D eigenvalue weighted by Gasteiger charge is 2.14. The summed E-state index contributed by atoms with van der Waals surface area (Å²) in [5.41, 5.74) is 2.19. The van der Waals surface area contributed by atoms with Gasteiger partial charge in [0.15, 0.2) is 0 Å². The number of nitrogens with zero attached hydrogens (tertiary/aromatic N) is 5. The van der Waals surface area contributed by atoms with Crippen molar-refractivity contribution in [2.45, 2.75) is 13.0 Å². The van der Waals surface area contributed by atoms with Crippen LogP contribution < -0.4 is 10.1 Å². The molecule has 0 aliphatic carbocycles. The van der Waals surface area contributed by atoms with Gasteiger partial charge in [-0.3, -0.25) is 14.5 Å². The van der Waals surface area contributed by atoms with Gasteiger partial charge in [-0.15, -0.1) is 15.3 Å². The maximum Gasteiger partial charge on any atom is 0.288 e. The topological polar surface area (TPSA) is 111 Å². The molecule has 116 valence electrons. The first-order valence-corrected chi connectivity index (χ1v) is 7.10. The highest BCUT2D eigenvalue weighted by molar-refractivity contribution is 5.90. The molecule has 0 fully saturated rings. The van der Waals surface area contributed by atoms with Crippen molar-refractivity contribution in [3.05, 3.63) is 47.8 Å². The van der Waals surface area contributed by atoms with Crippen molar-refractivity contribution in [3.63, 3.8) is 0 Å². The quantitative estimate of drug-likeness (QED) is 0.714. The maximum atomic E-state index is 12.1. The van der Waals surface area contributed by atoms with Gasteiger partial charge in [0, 0.05) is 13.0 Å². The molecule has 23 heavy (non-hydrogen) atoms. The molecule has 0 radical (unpaired) electrons. The number of aromatic nitrogens is 6. The first kappa shape index (κ1) is 13.4. The molecule has 9 heteroatoms. The number of hydrogen-bond acceptors (Lipinski definition) is 6. The molecular weight excluding hydrogens is 298 g/mol. The lowest BCUT2D eigenvalue weighted by atomic mass is 10.1. The Balaban J connectivity index is 1.42. The number of fused-ring (bicyclic) bond motifs is 1. The van der Waals surface area contributed by atoms with Crippen LogP contribution in [-0.2, 0) is 13.0 Å². The summed E-state index contributed by atoms with van der Waals surface area (Å²) in [4.78, 5) is 16.2. The number of carbonyl (C=O) groups is 1. The second-order valence-corrected chi connectivity index (χ2v) is 5.08. The van der Waals surface area contributed by atoms with Gasteiger partial charge < -0.3 is 10.1 Å². The Hall–Kier alpha value is -3.23. The van der Waals surface area contributed by atoms with E-state index in [4.69, 9.17) is 4.74 Å². The number of nitrogens with one attached hydrogen (secondary N) is 2. The molecule has 4 rings (SSSR count). The van der Waals surface area contributed by atoms with E-state index >= 15 is 0 Å². The summed E-state index contributed by atoms with van der Waals surface area (Å²) >= 11 is 0. The molecule has 2 aromatic heterocycles. The Bertz CT molecular complexity index is 841. The average molecular weight is 311 g/mol. The SMILES string of the molecule is O=C(NCc1ccc2c(c1)CCO2)c1nc(-n2cnnc2)n[nH]1. The summed E-state index contributed by atoms with van der Waals surface area (Å²) in [6.45, 7) is 1.13. The molecule has 1 aromatic carbocycles. The van der Waals surface area contributed by atoms with Crippen molar-refractivity contribution in [2.24, 2.45) is 0 Å². The molecule has 0 saturated carbocycles. The third-order valence-corrected chi connectivity index (χ3v) is 3.55. The summed E-state index contributed by atoms with van der Waals surface area (Å²) in [6, 6.07) is 5.92. The second kappa shape index (κ2) is 5.52. The van der Waals surface area contributed by atoms with Crippen molar-refractivity contribution in [1.82, 2.24) is 35.3 Å². The highest BCUT2D eigenvalue weighted by atomic mass is 16.5. The fourth-order valence-corrected chi connectivity index (χ4v) is 2.39. The van der Waals surface area contributed by atoms with Crippen LogP contribution >= 0.6 is 0 Å². The third kappa shape index (κ3) is 2.63. The van der Waals surface area contributed by atoms with E-state index in [1.54, 1.807) is 0 Å². The summed E-state index contributed by atoms with van der Waals surface area (Å²) in [5, 5.41) is 16.7. The number of benzene rings is 1. The molecule has 1 amide bonds. The predicted molar refractivity (Wildman–Crippen MR) is 78.1 cm³/mol. The number of rotatable bonds is 4. The fraction of sp³-hybridized carbons (Fsp3) is 0.214. The summed E-state index contributed by atoms with van der Waals surface area (Å²) in [7, 11) is 0. The minimum atomic E-state index is -0.325. The van der Waals surface area contributed by atoms with E-state index < -0.39 is 0 Å². The first-order chi connectivity index (χ1) is 11.3. The molecular formula is C14H13N7O2. The molecule has 0 saturated heterocycles. The lowest BCUT2D eigenvalue weighted by Gasteiger charge is -2.05. The van der Waals surface area contributed by atoms with Crippen LogP contribution in [0.2, 0.25) is 0 Å². The van der Waals surface area contributed by atoms with Crippen LogP contribution in [0, 0.1) is 0 Å². The van der Waals surface area contributed by atoms with E-state index in [1.807, 2.05) is 18.2 Å². The van der Waals surface area contributed by atoms with Gasteiger partial charge in [0.1, 0.15) is 18.4 Å². The number of ether oxygens (including phenoxy) is 1. The molecule has 0 atom stereocenters. The van der Waals surface area contributed by atoms with E-state index in [0.717, 1.165) is 24.3 Å². The third-order valence-electron chi connectivity index (χ3n) is 3.55. The van der Waals surface area contributed by atoms with Crippen LogP contribution in [0.1, 0.15) is 21.7 Å². The monoisotopic (exact) mass is 311 g/mol. The Morgan fingerprint density at radius 1 is 1.35 bits per heavy atom. The first-order valence-electron chi connectivity index (χ1n) is 7.10. The molecule has 0 unspecified atom stereocenters. The summed E-state index contributed by atoms with van der Waals surface area (Å²) in [6.07, 6.45) is 3.82. The van der Waals surface area contributed by atoms with E-state index in [1.165, 1.54) is 22.8 Å². The molecule has 1 aliphatic heterocycles. The fourth-order valence-electron chi connectivity index (χ4n) is 2.39.